The number of fused-ring (bicyclic) bond motifs is 1. The highest BCUT2D eigenvalue weighted by Crippen LogP contribution is 2.21. The predicted octanol–water partition coefficient (Wildman–Crippen LogP) is 2.66. The number of aromatic nitrogens is 1. The Morgan fingerprint density at radius 1 is 1.00 bits per heavy atom. The maximum atomic E-state index is 12.4. The number of urea groups is 1. The van der Waals surface area contributed by atoms with E-state index in [2.05, 4.69) is 15.6 Å². The van der Waals surface area contributed by atoms with E-state index < -0.39 is 6.03 Å². The monoisotopic (exact) mass is 320 g/mol. The first-order valence-corrected chi connectivity index (χ1v) is 7.41. The molecule has 0 atom stereocenters. The second-order valence-electron chi connectivity index (χ2n) is 5.25. The molecule has 4 N–H and O–H groups in total. The zero-order valence-electron chi connectivity index (χ0n) is 12.8. The minimum atomic E-state index is -0.583. The highest BCUT2D eigenvalue weighted by molar-refractivity contribution is 6.08. The molecule has 6 nitrogen and oxygen atoms in total. The molecule has 3 amide bonds. The Hall–Kier alpha value is -3.41. The van der Waals surface area contributed by atoms with Crippen LogP contribution >= 0.6 is 0 Å². The lowest BCUT2D eigenvalue weighted by Crippen LogP contribution is -2.28. The van der Waals surface area contributed by atoms with Gasteiger partial charge in [0, 0.05) is 23.7 Å². The number of rotatable bonds is 4. The summed E-state index contributed by atoms with van der Waals surface area (Å²) in [5.74, 6) is -0.220. The number of nitrogens with one attached hydrogen (secondary N) is 2. The van der Waals surface area contributed by atoms with E-state index in [-0.39, 0.29) is 5.91 Å². The smallest absolute Gasteiger partial charge is 0.312 e. The fourth-order valence-corrected chi connectivity index (χ4v) is 2.36. The number of primary amides is 1. The lowest BCUT2D eigenvalue weighted by atomic mass is 10.1. The Morgan fingerprint density at radius 3 is 2.50 bits per heavy atom. The topological polar surface area (TPSA) is 97.1 Å². The second-order valence-corrected chi connectivity index (χ2v) is 5.25. The first kappa shape index (κ1) is 15.5. The van der Waals surface area contributed by atoms with E-state index in [1.807, 2.05) is 30.3 Å². The Kier molecular flexibility index (Phi) is 4.38. The third-order valence-corrected chi connectivity index (χ3v) is 3.56. The normalized spacial score (nSPS) is 10.3. The molecule has 1 aromatic heterocycles. The van der Waals surface area contributed by atoms with Gasteiger partial charge in [-0.05, 0) is 29.8 Å². The molecule has 2 aromatic carbocycles. The Morgan fingerprint density at radius 2 is 1.75 bits per heavy atom. The largest absolute Gasteiger partial charge is 0.352 e. The van der Waals surface area contributed by atoms with Crippen molar-refractivity contribution < 1.29 is 9.59 Å². The molecule has 1 heterocycles. The Labute approximate surface area is 138 Å². The van der Waals surface area contributed by atoms with Crippen molar-refractivity contribution in [2.75, 3.05) is 5.32 Å². The van der Waals surface area contributed by atoms with Crippen LogP contribution in [0.15, 0.2) is 60.8 Å². The summed E-state index contributed by atoms with van der Waals surface area (Å²) in [6.45, 7) is 0.324. The summed E-state index contributed by atoms with van der Waals surface area (Å²) in [6, 6.07) is 15.8. The highest BCUT2D eigenvalue weighted by atomic mass is 16.2. The van der Waals surface area contributed by atoms with Crippen molar-refractivity contribution in [1.82, 2.24) is 10.3 Å². The maximum Gasteiger partial charge on any atom is 0.312 e. The van der Waals surface area contributed by atoms with E-state index in [0.717, 1.165) is 16.5 Å². The van der Waals surface area contributed by atoms with Gasteiger partial charge in [-0.3, -0.25) is 9.78 Å². The SMILES string of the molecule is NC(=O)NCc1ccc(C(=O)Nc2cccc3cccnc23)cc1. The van der Waals surface area contributed by atoms with Crippen molar-refractivity contribution in [3.63, 3.8) is 0 Å². The minimum absolute atomic E-state index is 0.220. The molecule has 6 heteroatoms. The average molecular weight is 320 g/mol. The van der Waals surface area contributed by atoms with E-state index in [1.165, 1.54) is 0 Å². The van der Waals surface area contributed by atoms with E-state index in [4.69, 9.17) is 5.73 Å². The first-order valence-electron chi connectivity index (χ1n) is 7.41. The van der Waals surface area contributed by atoms with Crippen LogP contribution in [0.3, 0.4) is 0 Å². The molecule has 0 bridgehead atoms. The van der Waals surface area contributed by atoms with E-state index in [0.29, 0.717) is 17.8 Å². The van der Waals surface area contributed by atoms with Crippen LogP contribution in [0.4, 0.5) is 10.5 Å². The summed E-state index contributed by atoms with van der Waals surface area (Å²) in [7, 11) is 0. The van der Waals surface area contributed by atoms with Crippen molar-refractivity contribution in [3.05, 3.63) is 71.9 Å². The molecule has 24 heavy (non-hydrogen) atoms. The van der Waals surface area contributed by atoms with E-state index in [9.17, 15) is 9.59 Å². The number of carbonyl (C=O) groups is 2. The molecule has 0 aliphatic rings. The third kappa shape index (κ3) is 3.49. The summed E-state index contributed by atoms with van der Waals surface area (Å²) in [5.41, 5.74) is 7.82. The average Bonchev–Trinajstić information content (AvgIpc) is 2.60. The third-order valence-electron chi connectivity index (χ3n) is 3.56. The van der Waals surface area contributed by atoms with Gasteiger partial charge in [-0.15, -0.1) is 0 Å². The van der Waals surface area contributed by atoms with Crippen LogP contribution in [-0.4, -0.2) is 16.9 Å². The zero-order valence-corrected chi connectivity index (χ0v) is 12.8. The standard InChI is InChI=1S/C18H16N4O2/c19-18(24)21-11-12-6-8-14(9-7-12)17(23)22-15-5-1-3-13-4-2-10-20-16(13)15/h1-10H,11H2,(H,22,23)(H3,19,21,24). The van der Waals surface area contributed by atoms with Crippen LogP contribution in [0.2, 0.25) is 0 Å². The molecule has 3 aromatic rings. The lowest BCUT2D eigenvalue weighted by Gasteiger charge is -2.09. The summed E-state index contributed by atoms with van der Waals surface area (Å²) in [6.07, 6.45) is 1.69. The van der Waals surface area contributed by atoms with E-state index in [1.54, 1.807) is 30.5 Å². The van der Waals surface area contributed by atoms with Gasteiger partial charge < -0.3 is 16.4 Å². The first-order chi connectivity index (χ1) is 11.6. The summed E-state index contributed by atoms with van der Waals surface area (Å²) in [4.78, 5) is 27.4. The zero-order chi connectivity index (χ0) is 16.9. The molecule has 0 radical (unpaired) electrons. The van der Waals surface area contributed by atoms with Gasteiger partial charge in [0.2, 0.25) is 0 Å². The molecular formula is C18H16N4O2. The van der Waals surface area contributed by atoms with Crippen LogP contribution in [0, 0.1) is 0 Å². The number of benzene rings is 2. The Bertz CT molecular complexity index is 886. The van der Waals surface area contributed by atoms with Crippen LogP contribution < -0.4 is 16.4 Å². The van der Waals surface area contributed by atoms with Crippen LogP contribution in [0.25, 0.3) is 10.9 Å². The van der Waals surface area contributed by atoms with Gasteiger partial charge in [0.05, 0.1) is 11.2 Å². The van der Waals surface area contributed by atoms with Gasteiger partial charge in [-0.1, -0.05) is 30.3 Å². The molecule has 0 aliphatic carbocycles. The molecule has 0 aliphatic heterocycles. The van der Waals surface area contributed by atoms with Crippen molar-refractivity contribution in [3.8, 4) is 0 Å². The van der Waals surface area contributed by atoms with Crippen molar-refractivity contribution in [1.29, 1.82) is 0 Å². The summed E-state index contributed by atoms with van der Waals surface area (Å²) in [5, 5.41) is 6.34. The molecule has 0 unspecified atom stereocenters. The molecule has 120 valence electrons. The van der Waals surface area contributed by atoms with Gasteiger partial charge >= 0.3 is 6.03 Å². The minimum Gasteiger partial charge on any atom is -0.352 e. The van der Waals surface area contributed by atoms with Crippen LogP contribution in [-0.2, 0) is 6.54 Å². The van der Waals surface area contributed by atoms with Crippen LogP contribution in [0.5, 0.6) is 0 Å². The molecule has 0 spiro atoms. The molecule has 0 saturated heterocycles. The molecule has 3 rings (SSSR count). The number of pyridine rings is 1. The number of anilines is 1. The van der Waals surface area contributed by atoms with Crippen molar-refractivity contribution in [2.24, 2.45) is 5.73 Å². The second kappa shape index (κ2) is 6.78. The maximum absolute atomic E-state index is 12.4. The van der Waals surface area contributed by atoms with Gasteiger partial charge in [0.25, 0.3) is 5.91 Å². The van der Waals surface area contributed by atoms with Crippen molar-refractivity contribution >= 4 is 28.5 Å². The number of carbonyl (C=O) groups excluding carboxylic acids is 2. The predicted molar refractivity (Wildman–Crippen MR) is 92.6 cm³/mol. The number of hydrogen-bond acceptors (Lipinski definition) is 3. The fraction of sp³-hybridized carbons (Fsp3) is 0.0556. The van der Waals surface area contributed by atoms with Gasteiger partial charge in [0.1, 0.15) is 0 Å². The molecule has 0 fully saturated rings. The summed E-state index contributed by atoms with van der Waals surface area (Å²) < 4.78 is 0. The fourth-order valence-electron chi connectivity index (χ4n) is 2.36. The molecule has 0 saturated carbocycles. The highest BCUT2D eigenvalue weighted by Gasteiger charge is 2.09. The van der Waals surface area contributed by atoms with Gasteiger partial charge in [-0.25, -0.2) is 4.79 Å². The Balaban J connectivity index is 1.75. The number of para-hydroxylation sites is 1. The van der Waals surface area contributed by atoms with Crippen molar-refractivity contribution in [2.45, 2.75) is 6.54 Å². The number of amides is 3. The summed E-state index contributed by atoms with van der Waals surface area (Å²) >= 11 is 0. The number of hydrogen-bond donors (Lipinski definition) is 3. The van der Waals surface area contributed by atoms with Gasteiger partial charge in [-0.2, -0.15) is 0 Å². The lowest BCUT2D eigenvalue weighted by molar-refractivity contribution is 0.102. The van der Waals surface area contributed by atoms with Crippen LogP contribution in [0.1, 0.15) is 15.9 Å². The molecular weight excluding hydrogens is 304 g/mol. The van der Waals surface area contributed by atoms with Gasteiger partial charge in [0.15, 0.2) is 0 Å². The quantitative estimate of drug-likeness (QED) is 0.689. The number of nitrogens with zero attached hydrogens (tertiary/aromatic N) is 1. The van der Waals surface area contributed by atoms with E-state index >= 15 is 0 Å². The number of nitrogens with two attached hydrogens (primary N) is 1.